The first kappa shape index (κ1) is 15.2. The van der Waals surface area contributed by atoms with E-state index in [4.69, 9.17) is 0 Å². The van der Waals surface area contributed by atoms with Gasteiger partial charge in [0, 0.05) is 5.41 Å². The molecule has 2 aliphatic carbocycles. The number of allylic oxidation sites excluding steroid dienone is 5. The minimum absolute atomic E-state index is 0.0490. The van der Waals surface area contributed by atoms with Crippen LogP contribution in [0.3, 0.4) is 0 Å². The van der Waals surface area contributed by atoms with Crippen LogP contribution in [0.25, 0.3) is 11.1 Å². The smallest absolute Gasteiger partial charge is 0.0183 e. The van der Waals surface area contributed by atoms with E-state index >= 15 is 0 Å². The van der Waals surface area contributed by atoms with Gasteiger partial charge in [-0.25, -0.2) is 0 Å². The van der Waals surface area contributed by atoms with Crippen LogP contribution in [0.1, 0.15) is 42.0 Å². The molecule has 0 aliphatic heterocycles. The number of hydrogen-bond acceptors (Lipinski definition) is 0. The average molecular weight is 312 g/mol. The van der Waals surface area contributed by atoms with E-state index in [-0.39, 0.29) is 5.41 Å². The topological polar surface area (TPSA) is 0 Å². The quantitative estimate of drug-likeness (QED) is 0.573. The second-order valence-corrected chi connectivity index (χ2v) is 7.12. The molecule has 2 aromatic carbocycles. The van der Waals surface area contributed by atoms with Crippen molar-refractivity contribution in [3.05, 3.63) is 95.6 Å². The lowest BCUT2D eigenvalue weighted by Crippen LogP contribution is -2.20. The van der Waals surface area contributed by atoms with E-state index in [0.717, 1.165) is 25.7 Å². The summed E-state index contributed by atoms with van der Waals surface area (Å²) in [5, 5.41) is 0. The Balaban J connectivity index is 1.82. The maximum Gasteiger partial charge on any atom is 0.0183 e. The molecule has 2 aromatic rings. The van der Waals surface area contributed by atoms with Crippen LogP contribution in [0.5, 0.6) is 0 Å². The van der Waals surface area contributed by atoms with Crippen molar-refractivity contribution in [2.45, 2.75) is 32.6 Å². The molecule has 0 nitrogen and oxygen atoms in total. The van der Waals surface area contributed by atoms with Crippen molar-refractivity contribution < 1.29 is 0 Å². The van der Waals surface area contributed by atoms with Crippen molar-refractivity contribution in [1.82, 2.24) is 0 Å². The molecule has 4 rings (SSSR count). The molecule has 0 atom stereocenters. The van der Waals surface area contributed by atoms with Gasteiger partial charge in [-0.05, 0) is 59.1 Å². The summed E-state index contributed by atoms with van der Waals surface area (Å²) in [7, 11) is 0. The van der Waals surface area contributed by atoms with Gasteiger partial charge in [0.05, 0.1) is 0 Å². The molecule has 0 unspecified atom stereocenters. The Labute approximate surface area is 145 Å². The molecular formula is C24H24. The van der Waals surface area contributed by atoms with E-state index in [0.29, 0.717) is 0 Å². The van der Waals surface area contributed by atoms with Crippen molar-refractivity contribution in [1.29, 1.82) is 0 Å². The van der Waals surface area contributed by atoms with Gasteiger partial charge in [-0.15, -0.1) is 6.58 Å². The predicted molar refractivity (Wildman–Crippen MR) is 104 cm³/mol. The molecule has 0 radical (unpaired) electrons. The van der Waals surface area contributed by atoms with E-state index in [2.05, 4.69) is 80.3 Å². The van der Waals surface area contributed by atoms with Crippen LogP contribution < -0.4 is 0 Å². The lowest BCUT2D eigenvalue weighted by Gasteiger charge is -2.34. The van der Waals surface area contributed by atoms with Gasteiger partial charge in [-0.3, -0.25) is 0 Å². The van der Waals surface area contributed by atoms with Gasteiger partial charge >= 0.3 is 0 Å². The SMILES string of the molecule is C=CCCC(C)(C1=CCc2ccccc21)C1=CCc2ccccc21. The normalized spacial score (nSPS) is 15.5. The molecule has 0 N–H and O–H groups in total. The van der Waals surface area contributed by atoms with Gasteiger partial charge in [0.25, 0.3) is 0 Å². The highest BCUT2D eigenvalue weighted by atomic mass is 14.4. The summed E-state index contributed by atoms with van der Waals surface area (Å²) in [6.45, 7) is 6.40. The standard InChI is InChI=1S/C24H24/c1-3-4-17-24(2,22-15-13-18-9-5-7-11-20(18)22)23-16-14-19-10-6-8-12-21(19)23/h3,5-12,15-16H,1,4,13-14,17H2,2H3. The van der Waals surface area contributed by atoms with Crippen LogP contribution in [0.15, 0.2) is 73.3 Å². The molecule has 120 valence electrons. The molecular weight excluding hydrogens is 288 g/mol. The Morgan fingerprint density at radius 3 is 1.88 bits per heavy atom. The highest BCUT2D eigenvalue weighted by Gasteiger charge is 2.38. The third kappa shape index (κ3) is 2.29. The van der Waals surface area contributed by atoms with Crippen molar-refractivity contribution in [3.8, 4) is 0 Å². The van der Waals surface area contributed by atoms with Gasteiger partial charge in [0.15, 0.2) is 0 Å². The Bertz CT molecular complexity index is 784. The van der Waals surface area contributed by atoms with E-state index < -0.39 is 0 Å². The Kier molecular flexibility index (Phi) is 3.76. The highest BCUT2D eigenvalue weighted by molar-refractivity contribution is 5.91. The number of hydrogen-bond donors (Lipinski definition) is 0. The number of rotatable bonds is 5. The predicted octanol–water partition coefficient (Wildman–Crippen LogP) is 6.24. The molecule has 0 bridgehead atoms. The highest BCUT2D eigenvalue weighted by Crippen LogP contribution is 2.53. The van der Waals surface area contributed by atoms with E-state index in [9.17, 15) is 0 Å². The second-order valence-electron chi connectivity index (χ2n) is 7.12. The molecule has 0 aromatic heterocycles. The minimum atomic E-state index is 0.0490. The van der Waals surface area contributed by atoms with Crippen molar-refractivity contribution in [2.24, 2.45) is 5.41 Å². The van der Waals surface area contributed by atoms with Crippen LogP contribution in [0.4, 0.5) is 0 Å². The van der Waals surface area contributed by atoms with Crippen molar-refractivity contribution >= 4 is 11.1 Å². The Hall–Kier alpha value is -2.34. The maximum atomic E-state index is 3.97. The van der Waals surface area contributed by atoms with Crippen LogP contribution in [0.2, 0.25) is 0 Å². The minimum Gasteiger partial charge on any atom is -0.103 e. The first-order valence-electron chi connectivity index (χ1n) is 8.93. The average Bonchev–Trinajstić information content (AvgIpc) is 3.24. The zero-order valence-electron chi connectivity index (χ0n) is 14.4. The molecule has 0 heterocycles. The van der Waals surface area contributed by atoms with E-state index in [1.54, 1.807) is 0 Å². The van der Waals surface area contributed by atoms with Crippen LogP contribution in [-0.2, 0) is 12.8 Å². The van der Waals surface area contributed by atoms with Crippen LogP contribution >= 0.6 is 0 Å². The third-order valence-electron chi connectivity index (χ3n) is 5.70. The monoisotopic (exact) mass is 312 g/mol. The summed E-state index contributed by atoms with van der Waals surface area (Å²) < 4.78 is 0. The molecule has 0 heteroatoms. The Morgan fingerprint density at radius 2 is 1.38 bits per heavy atom. The van der Waals surface area contributed by atoms with Gasteiger partial charge in [0.1, 0.15) is 0 Å². The van der Waals surface area contributed by atoms with Crippen LogP contribution in [0, 0.1) is 5.41 Å². The molecule has 0 amide bonds. The van der Waals surface area contributed by atoms with E-state index in [1.807, 2.05) is 0 Å². The van der Waals surface area contributed by atoms with Crippen molar-refractivity contribution in [3.63, 3.8) is 0 Å². The maximum absolute atomic E-state index is 3.97. The second kappa shape index (κ2) is 5.94. The summed E-state index contributed by atoms with van der Waals surface area (Å²) in [4.78, 5) is 0. The molecule has 0 fully saturated rings. The molecule has 24 heavy (non-hydrogen) atoms. The van der Waals surface area contributed by atoms with Crippen molar-refractivity contribution in [2.75, 3.05) is 0 Å². The fourth-order valence-corrected chi connectivity index (χ4v) is 4.42. The lowest BCUT2D eigenvalue weighted by atomic mass is 9.69. The van der Waals surface area contributed by atoms with Gasteiger partial charge < -0.3 is 0 Å². The Morgan fingerprint density at radius 1 is 0.875 bits per heavy atom. The van der Waals surface area contributed by atoms with Gasteiger partial charge in [0.2, 0.25) is 0 Å². The number of benzene rings is 2. The first-order chi connectivity index (χ1) is 11.7. The van der Waals surface area contributed by atoms with Gasteiger partial charge in [-0.2, -0.15) is 0 Å². The summed E-state index contributed by atoms with van der Waals surface area (Å²) in [6, 6.07) is 17.8. The lowest BCUT2D eigenvalue weighted by molar-refractivity contribution is 0.545. The van der Waals surface area contributed by atoms with E-state index in [1.165, 1.54) is 33.4 Å². The number of fused-ring (bicyclic) bond motifs is 2. The largest absolute Gasteiger partial charge is 0.103 e. The first-order valence-corrected chi connectivity index (χ1v) is 8.93. The van der Waals surface area contributed by atoms with Crippen LogP contribution in [-0.4, -0.2) is 0 Å². The zero-order valence-corrected chi connectivity index (χ0v) is 14.4. The fourth-order valence-electron chi connectivity index (χ4n) is 4.42. The molecule has 0 spiro atoms. The summed E-state index contributed by atoms with van der Waals surface area (Å²) in [5.74, 6) is 0. The summed E-state index contributed by atoms with van der Waals surface area (Å²) in [5.41, 5.74) is 8.86. The third-order valence-corrected chi connectivity index (χ3v) is 5.70. The summed E-state index contributed by atoms with van der Waals surface area (Å²) >= 11 is 0. The molecule has 0 saturated carbocycles. The molecule has 0 saturated heterocycles. The summed E-state index contributed by atoms with van der Waals surface area (Å²) in [6.07, 6.45) is 11.2. The zero-order chi connectivity index (χ0) is 16.6. The van der Waals surface area contributed by atoms with Gasteiger partial charge in [-0.1, -0.05) is 73.7 Å². The molecule has 2 aliphatic rings. The fraction of sp³-hybridized carbons (Fsp3) is 0.250.